The third kappa shape index (κ3) is 5.06. The summed E-state index contributed by atoms with van der Waals surface area (Å²) in [7, 11) is 1.79. The van der Waals surface area contributed by atoms with Gasteiger partial charge in [-0.3, -0.25) is 4.99 Å². The Bertz CT molecular complexity index is 524. The molecule has 1 heteroatoms. The fourth-order valence-electron chi connectivity index (χ4n) is 3.87. The molecule has 0 aromatic rings. The van der Waals surface area contributed by atoms with E-state index >= 15 is 0 Å². The predicted octanol–water partition coefficient (Wildman–Crippen LogP) is 6.69. The van der Waals surface area contributed by atoms with Crippen LogP contribution in [0.5, 0.6) is 0 Å². The number of nitrogens with zero attached hydrogens (tertiary/aromatic N) is 1. The molecule has 23 heavy (non-hydrogen) atoms. The second-order valence-corrected chi connectivity index (χ2v) is 7.00. The van der Waals surface area contributed by atoms with E-state index in [4.69, 9.17) is 0 Å². The maximum Gasteiger partial charge on any atom is 0.0277 e. The first-order valence-electron chi connectivity index (χ1n) is 9.07. The van der Waals surface area contributed by atoms with Crippen molar-refractivity contribution in [3.8, 4) is 0 Å². The molecule has 0 aliphatic heterocycles. The van der Waals surface area contributed by atoms with E-state index in [1.165, 1.54) is 30.4 Å². The molecule has 0 saturated carbocycles. The van der Waals surface area contributed by atoms with Gasteiger partial charge in [0.25, 0.3) is 0 Å². The highest BCUT2D eigenvalue weighted by Crippen LogP contribution is 2.42. The van der Waals surface area contributed by atoms with Gasteiger partial charge < -0.3 is 0 Å². The van der Waals surface area contributed by atoms with Crippen LogP contribution in [0.15, 0.2) is 52.1 Å². The summed E-state index contributed by atoms with van der Waals surface area (Å²) in [6.07, 6.45) is 15.0. The Morgan fingerprint density at radius 2 is 2.00 bits per heavy atom. The summed E-state index contributed by atoms with van der Waals surface area (Å²) in [5, 5.41) is 0. The van der Waals surface area contributed by atoms with Gasteiger partial charge in [-0.25, -0.2) is 0 Å². The Labute approximate surface area is 144 Å². The van der Waals surface area contributed by atoms with E-state index < -0.39 is 0 Å². The molecule has 1 nitrogen and oxygen atoms in total. The van der Waals surface area contributed by atoms with Gasteiger partial charge in [-0.05, 0) is 74.0 Å². The zero-order valence-electron chi connectivity index (χ0n) is 16.1. The largest absolute Gasteiger partial charge is 0.296 e. The molecule has 1 rings (SSSR count). The molecule has 0 spiro atoms. The van der Waals surface area contributed by atoms with Gasteiger partial charge in [0.2, 0.25) is 0 Å². The fourth-order valence-corrected chi connectivity index (χ4v) is 3.87. The first-order valence-corrected chi connectivity index (χ1v) is 9.07. The van der Waals surface area contributed by atoms with Gasteiger partial charge in [0.05, 0.1) is 0 Å². The number of allylic oxidation sites excluding steroid dienone is 7. The Balaban J connectivity index is 3.11. The predicted molar refractivity (Wildman–Crippen MR) is 105 cm³/mol. The van der Waals surface area contributed by atoms with E-state index in [0.717, 1.165) is 18.4 Å². The number of aliphatic imine (C=N–C) groups is 1. The lowest BCUT2D eigenvalue weighted by atomic mass is 9.72. The molecule has 0 aromatic carbocycles. The monoisotopic (exact) mass is 313 g/mol. The zero-order valence-corrected chi connectivity index (χ0v) is 16.1. The van der Waals surface area contributed by atoms with Crippen molar-refractivity contribution < 1.29 is 0 Å². The molecule has 1 unspecified atom stereocenters. The molecule has 1 aliphatic rings. The second kappa shape index (κ2) is 9.05. The molecular weight excluding hydrogens is 278 g/mol. The molecule has 0 heterocycles. The highest BCUT2D eigenvalue weighted by Gasteiger charge is 2.28. The molecule has 1 aliphatic carbocycles. The van der Waals surface area contributed by atoms with Crippen molar-refractivity contribution >= 4 is 6.21 Å². The summed E-state index contributed by atoms with van der Waals surface area (Å²) in [5.41, 5.74) is 5.76. The highest BCUT2D eigenvalue weighted by molar-refractivity contribution is 5.81. The number of hydrogen-bond acceptors (Lipinski definition) is 1. The topological polar surface area (TPSA) is 12.4 Å². The van der Waals surface area contributed by atoms with E-state index in [1.54, 1.807) is 12.6 Å². The summed E-state index contributed by atoms with van der Waals surface area (Å²) in [4.78, 5) is 4.05. The van der Waals surface area contributed by atoms with Gasteiger partial charge in [0.1, 0.15) is 0 Å². The molecule has 0 radical (unpaired) electrons. The molecular formula is C22H35N. The van der Waals surface area contributed by atoms with Crippen molar-refractivity contribution in [1.82, 2.24) is 0 Å². The average Bonchev–Trinajstić information content (AvgIpc) is 2.58. The van der Waals surface area contributed by atoms with Crippen LogP contribution in [0.3, 0.4) is 0 Å². The summed E-state index contributed by atoms with van der Waals surface area (Å²) in [5.74, 6) is 0.553. The lowest BCUT2D eigenvalue weighted by Gasteiger charge is -2.33. The number of rotatable bonds is 5. The van der Waals surface area contributed by atoms with E-state index in [-0.39, 0.29) is 0 Å². The van der Waals surface area contributed by atoms with E-state index in [2.05, 4.69) is 64.4 Å². The molecule has 0 amide bonds. The summed E-state index contributed by atoms with van der Waals surface area (Å²) in [6, 6.07) is 0. The Kier molecular flexibility index (Phi) is 7.75. The van der Waals surface area contributed by atoms with Crippen LogP contribution < -0.4 is 0 Å². The van der Waals surface area contributed by atoms with Crippen LogP contribution in [-0.4, -0.2) is 13.3 Å². The first kappa shape index (κ1) is 19.7. The second-order valence-electron chi connectivity index (χ2n) is 7.00. The molecule has 0 saturated heterocycles. The van der Waals surface area contributed by atoms with Gasteiger partial charge in [-0.15, -0.1) is 0 Å². The van der Waals surface area contributed by atoms with Crippen LogP contribution in [0, 0.1) is 11.3 Å². The van der Waals surface area contributed by atoms with Crippen LogP contribution in [0.1, 0.15) is 66.7 Å². The summed E-state index contributed by atoms with van der Waals surface area (Å²) in [6.45, 7) is 15.6. The normalized spacial score (nSPS) is 22.9. The minimum absolute atomic E-state index is 0.391. The smallest absolute Gasteiger partial charge is 0.0277 e. The average molecular weight is 314 g/mol. The fraction of sp³-hybridized carbons (Fsp3) is 0.591. The first-order chi connectivity index (χ1) is 10.9. The minimum atomic E-state index is 0.391. The lowest BCUT2D eigenvalue weighted by Crippen LogP contribution is -2.20. The Hall–Kier alpha value is -1.37. The SMILES string of the molecule is C=C(C=NC)C=C(C)C1=CCCC(CC)(CC)C(C)=CCC1C. The maximum absolute atomic E-state index is 4.06. The minimum Gasteiger partial charge on any atom is -0.296 e. The van der Waals surface area contributed by atoms with E-state index in [0.29, 0.717) is 11.3 Å². The molecule has 128 valence electrons. The molecule has 0 bridgehead atoms. The van der Waals surface area contributed by atoms with E-state index in [9.17, 15) is 0 Å². The lowest BCUT2D eigenvalue weighted by molar-refractivity contribution is 0.302. The molecule has 0 N–H and O–H groups in total. The van der Waals surface area contributed by atoms with Crippen LogP contribution in [0.25, 0.3) is 0 Å². The van der Waals surface area contributed by atoms with Crippen molar-refractivity contribution in [2.75, 3.05) is 7.05 Å². The maximum atomic E-state index is 4.06. The van der Waals surface area contributed by atoms with Crippen LogP contribution >= 0.6 is 0 Å². The Morgan fingerprint density at radius 1 is 1.35 bits per heavy atom. The van der Waals surface area contributed by atoms with Crippen LogP contribution in [0.2, 0.25) is 0 Å². The Morgan fingerprint density at radius 3 is 2.57 bits per heavy atom. The molecule has 0 aromatic heterocycles. The zero-order chi connectivity index (χ0) is 17.5. The van der Waals surface area contributed by atoms with Gasteiger partial charge in [0.15, 0.2) is 0 Å². The summed E-state index contributed by atoms with van der Waals surface area (Å²) >= 11 is 0. The van der Waals surface area contributed by atoms with Gasteiger partial charge >= 0.3 is 0 Å². The quantitative estimate of drug-likeness (QED) is 0.304. The van der Waals surface area contributed by atoms with Crippen molar-refractivity contribution in [2.24, 2.45) is 16.3 Å². The number of hydrogen-bond donors (Lipinski definition) is 0. The van der Waals surface area contributed by atoms with Gasteiger partial charge in [-0.1, -0.05) is 51.2 Å². The van der Waals surface area contributed by atoms with Crippen molar-refractivity contribution in [3.05, 3.63) is 47.1 Å². The van der Waals surface area contributed by atoms with Crippen molar-refractivity contribution in [2.45, 2.75) is 66.7 Å². The summed E-state index contributed by atoms with van der Waals surface area (Å²) < 4.78 is 0. The molecule has 0 fully saturated rings. The van der Waals surface area contributed by atoms with Crippen molar-refractivity contribution in [1.29, 1.82) is 0 Å². The molecule has 1 atom stereocenters. The van der Waals surface area contributed by atoms with E-state index in [1.807, 2.05) is 6.21 Å². The van der Waals surface area contributed by atoms with Crippen LogP contribution in [0.4, 0.5) is 0 Å². The van der Waals surface area contributed by atoms with Crippen molar-refractivity contribution in [3.63, 3.8) is 0 Å². The highest BCUT2D eigenvalue weighted by atomic mass is 14.6. The third-order valence-corrected chi connectivity index (χ3v) is 5.64. The van der Waals surface area contributed by atoms with Gasteiger partial charge in [-0.2, -0.15) is 0 Å². The van der Waals surface area contributed by atoms with Crippen LogP contribution in [-0.2, 0) is 0 Å². The van der Waals surface area contributed by atoms with Gasteiger partial charge in [0, 0.05) is 13.3 Å². The third-order valence-electron chi connectivity index (χ3n) is 5.64. The standard InChI is InChI=1S/C22H35N/c1-8-22(9-2)14-10-11-21(18(4)12-13-20(22)6)19(5)15-17(3)16-23-7/h11,13,15-16,18H,3,8-10,12,14H2,1-2,4-7H3.